The molecule has 2 aromatic carbocycles. The fourth-order valence-corrected chi connectivity index (χ4v) is 3.25. The summed E-state index contributed by atoms with van der Waals surface area (Å²) in [5.74, 6) is -0.112. The van der Waals surface area contributed by atoms with Crippen molar-refractivity contribution in [3.63, 3.8) is 0 Å². The fourth-order valence-electron chi connectivity index (χ4n) is 3.06. The third-order valence-electron chi connectivity index (χ3n) is 4.41. The van der Waals surface area contributed by atoms with Crippen molar-refractivity contribution in [2.24, 2.45) is 0 Å². The van der Waals surface area contributed by atoms with Crippen LogP contribution in [0.4, 0.5) is 15.9 Å². The first kappa shape index (κ1) is 17.7. The monoisotopic (exact) mass is 385 g/mol. The van der Waals surface area contributed by atoms with E-state index in [1.54, 1.807) is 30.3 Å². The van der Waals surface area contributed by atoms with Crippen LogP contribution in [0.5, 0.6) is 0 Å². The third kappa shape index (κ3) is 3.86. The number of halogens is 2. The van der Waals surface area contributed by atoms with E-state index in [4.69, 9.17) is 16.3 Å². The van der Waals surface area contributed by atoms with Gasteiger partial charge in [0.1, 0.15) is 11.3 Å². The zero-order valence-electron chi connectivity index (χ0n) is 14.4. The SMILES string of the molecule is O=C(Nc1cc(F)c2nc(N3CCOCC3)ccc2c1)c1cccc(Cl)c1. The van der Waals surface area contributed by atoms with E-state index in [1.807, 2.05) is 12.1 Å². The molecule has 0 atom stereocenters. The number of ether oxygens (including phenoxy) is 1. The minimum Gasteiger partial charge on any atom is -0.378 e. The Hall–Kier alpha value is -2.70. The van der Waals surface area contributed by atoms with Gasteiger partial charge in [-0.15, -0.1) is 0 Å². The molecule has 1 aliphatic heterocycles. The van der Waals surface area contributed by atoms with Crippen molar-refractivity contribution in [3.05, 3.63) is 64.9 Å². The lowest BCUT2D eigenvalue weighted by Crippen LogP contribution is -2.36. The highest BCUT2D eigenvalue weighted by molar-refractivity contribution is 6.31. The quantitative estimate of drug-likeness (QED) is 0.737. The number of anilines is 2. The molecule has 0 spiro atoms. The Morgan fingerprint density at radius 3 is 2.74 bits per heavy atom. The number of hydrogen-bond acceptors (Lipinski definition) is 4. The summed E-state index contributed by atoms with van der Waals surface area (Å²) in [5.41, 5.74) is 1.05. The van der Waals surface area contributed by atoms with Crippen molar-refractivity contribution >= 4 is 39.9 Å². The summed E-state index contributed by atoms with van der Waals surface area (Å²) in [6.45, 7) is 2.73. The standard InChI is InChI=1S/C20H17ClFN3O2/c21-15-3-1-2-14(10-15)20(26)23-16-11-13-4-5-18(24-19(13)17(22)12-16)25-6-8-27-9-7-25/h1-5,10-12H,6-9H2,(H,23,26). The molecule has 27 heavy (non-hydrogen) atoms. The summed E-state index contributed by atoms with van der Waals surface area (Å²) in [4.78, 5) is 18.9. The zero-order chi connectivity index (χ0) is 18.8. The van der Waals surface area contributed by atoms with Gasteiger partial charge in [0.25, 0.3) is 5.91 Å². The van der Waals surface area contributed by atoms with Crippen LogP contribution in [0.1, 0.15) is 10.4 Å². The van der Waals surface area contributed by atoms with Crippen molar-refractivity contribution in [1.29, 1.82) is 0 Å². The highest BCUT2D eigenvalue weighted by atomic mass is 35.5. The van der Waals surface area contributed by atoms with Crippen LogP contribution in [0.2, 0.25) is 5.02 Å². The van der Waals surface area contributed by atoms with Gasteiger partial charge in [-0.3, -0.25) is 4.79 Å². The van der Waals surface area contributed by atoms with E-state index in [1.165, 1.54) is 6.07 Å². The number of fused-ring (bicyclic) bond motifs is 1. The van der Waals surface area contributed by atoms with Gasteiger partial charge in [-0.2, -0.15) is 0 Å². The molecule has 0 saturated carbocycles. The molecule has 0 bridgehead atoms. The van der Waals surface area contributed by atoms with Gasteiger partial charge in [-0.05, 0) is 42.5 Å². The first-order valence-electron chi connectivity index (χ1n) is 8.60. The molecule has 1 N–H and O–H groups in total. The lowest BCUT2D eigenvalue weighted by Gasteiger charge is -2.28. The minimum atomic E-state index is -0.482. The van der Waals surface area contributed by atoms with Crippen LogP contribution in [0, 0.1) is 5.82 Å². The summed E-state index contributed by atoms with van der Waals surface area (Å²) < 4.78 is 20.0. The number of nitrogens with zero attached hydrogens (tertiary/aromatic N) is 2. The summed E-state index contributed by atoms with van der Waals surface area (Å²) in [6, 6.07) is 13.2. The smallest absolute Gasteiger partial charge is 0.255 e. The molecule has 1 aliphatic rings. The number of pyridine rings is 1. The van der Waals surface area contributed by atoms with Crippen molar-refractivity contribution in [3.8, 4) is 0 Å². The number of aromatic nitrogens is 1. The largest absolute Gasteiger partial charge is 0.378 e. The average Bonchev–Trinajstić information content (AvgIpc) is 2.68. The van der Waals surface area contributed by atoms with Crippen molar-refractivity contribution < 1.29 is 13.9 Å². The van der Waals surface area contributed by atoms with E-state index < -0.39 is 5.82 Å². The van der Waals surface area contributed by atoms with Gasteiger partial charge < -0.3 is 15.0 Å². The normalized spacial score (nSPS) is 14.4. The molecular weight excluding hydrogens is 369 g/mol. The van der Waals surface area contributed by atoms with Gasteiger partial charge >= 0.3 is 0 Å². The van der Waals surface area contributed by atoms with Gasteiger partial charge in [0.05, 0.1) is 13.2 Å². The second kappa shape index (κ2) is 7.50. The molecule has 7 heteroatoms. The molecule has 4 rings (SSSR count). The van der Waals surface area contributed by atoms with E-state index in [0.717, 1.165) is 18.9 Å². The highest BCUT2D eigenvalue weighted by Gasteiger charge is 2.15. The number of morpholine rings is 1. The Labute approximate surface area is 160 Å². The second-order valence-electron chi connectivity index (χ2n) is 6.26. The third-order valence-corrected chi connectivity index (χ3v) is 4.65. The van der Waals surface area contributed by atoms with E-state index in [0.29, 0.717) is 34.9 Å². The molecule has 5 nitrogen and oxygen atoms in total. The Balaban J connectivity index is 1.60. The predicted molar refractivity (Wildman–Crippen MR) is 104 cm³/mol. The predicted octanol–water partition coefficient (Wildman–Crippen LogP) is 4.12. The van der Waals surface area contributed by atoms with Crippen LogP contribution in [0.15, 0.2) is 48.5 Å². The first-order chi connectivity index (χ1) is 13.1. The van der Waals surface area contributed by atoms with E-state index in [-0.39, 0.29) is 11.4 Å². The molecule has 0 radical (unpaired) electrons. The van der Waals surface area contributed by atoms with Gasteiger partial charge in [-0.25, -0.2) is 9.37 Å². The lowest BCUT2D eigenvalue weighted by atomic mass is 10.1. The minimum absolute atomic E-state index is 0.278. The van der Waals surface area contributed by atoms with Gasteiger partial charge in [0.2, 0.25) is 0 Å². The number of rotatable bonds is 3. The summed E-state index contributed by atoms with van der Waals surface area (Å²) in [5, 5.41) is 3.79. The van der Waals surface area contributed by atoms with Crippen molar-refractivity contribution in [1.82, 2.24) is 4.98 Å². The first-order valence-corrected chi connectivity index (χ1v) is 8.98. The molecule has 1 aromatic heterocycles. The molecule has 138 valence electrons. The molecule has 2 heterocycles. The van der Waals surface area contributed by atoms with Gasteiger partial charge in [0, 0.05) is 34.7 Å². The number of hydrogen-bond donors (Lipinski definition) is 1. The van der Waals surface area contributed by atoms with E-state index in [2.05, 4.69) is 15.2 Å². The van der Waals surface area contributed by atoms with E-state index >= 15 is 0 Å². The maximum Gasteiger partial charge on any atom is 0.255 e. The number of benzene rings is 2. The molecule has 0 aliphatic carbocycles. The zero-order valence-corrected chi connectivity index (χ0v) is 15.2. The van der Waals surface area contributed by atoms with Gasteiger partial charge in [0.15, 0.2) is 5.82 Å². The summed E-state index contributed by atoms with van der Waals surface area (Å²) >= 11 is 5.91. The molecule has 1 saturated heterocycles. The van der Waals surface area contributed by atoms with E-state index in [9.17, 15) is 9.18 Å². The Morgan fingerprint density at radius 2 is 1.96 bits per heavy atom. The Bertz CT molecular complexity index is 1010. The maximum absolute atomic E-state index is 14.6. The second-order valence-corrected chi connectivity index (χ2v) is 6.70. The van der Waals surface area contributed by atoms with Crippen LogP contribution < -0.4 is 10.2 Å². The van der Waals surface area contributed by atoms with Gasteiger partial charge in [-0.1, -0.05) is 17.7 Å². The highest BCUT2D eigenvalue weighted by Crippen LogP contribution is 2.25. The molecule has 1 fully saturated rings. The molecule has 3 aromatic rings. The molecular formula is C20H17ClFN3O2. The van der Waals surface area contributed by atoms with Crippen LogP contribution in [0.25, 0.3) is 10.9 Å². The topological polar surface area (TPSA) is 54.5 Å². The Morgan fingerprint density at radius 1 is 1.15 bits per heavy atom. The Kier molecular flexibility index (Phi) is 4.92. The summed E-state index contributed by atoms with van der Waals surface area (Å²) in [6.07, 6.45) is 0. The number of amides is 1. The molecule has 0 unspecified atom stereocenters. The average molecular weight is 386 g/mol. The van der Waals surface area contributed by atoms with Crippen LogP contribution in [-0.2, 0) is 4.74 Å². The lowest BCUT2D eigenvalue weighted by molar-refractivity contribution is 0.102. The molecule has 1 amide bonds. The number of nitrogens with one attached hydrogen (secondary N) is 1. The van der Waals surface area contributed by atoms with Crippen LogP contribution >= 0.6 is 11.6 Å². The maximum atomic E-state index is 14.6. The summed E-state index contributed by atoms with van der Waals surface area (Å²) in [7, 11) is 0. The van der Waals surface area contributed by atoms with Crippen LogP contribution in [-0.4, -0.2) is 37.2 Å². The van der Waals surface area contributed by atoms with Crippen molar-refractivity contribution in [2.45, 2.75) is 0 Å². The van der Waals surface area contributed by atoms with Crippen LogP contribution in [0.3, 0.4) is 0 Å². The number of carbonyl (C=O) groups is 1. The van der Waals surface area contributed by atoms with Crippen molar-refractivity contribution in [2.75, 3.05) is 36.5 Å². The number of carbonyl (C=O) groups excluding carboxylic acids is 1. The fraction of sp³-hybridized carbons (Fsp3) is 0.200.